The number of rotatable bonds is 8. The SMILES string of the molecule is CSc1ccccc1CCC(=O)Cn1nc(-c2ccc(Cl)cc2)n(C2CC2)c1=O. The highest BCUT2D eigenvalue weighted by atomic mass is 35.5. The van der Waals surface area contributed by atoms with Gasteiger partial charge in [0.15, 0.2) is 11.6 Å². The number of hydrogen-bond acceptors (Lipinski definition) is 4. The third-order valence-corrected chi connectivity index (χ3v) is 6.17. The van der Waals surface area contributed by atoms with Crippen LogP contribution in [0.3, 0.4) is 0 Å². The normalized spacial score (nSPS) is 13.6. The number of carbonyl (C=O) groups excluding carboxylic acids is 1. The van der Waals surface area contributed by atoms with Crippen LogP contribution in [0.2, 0.25) is 5.02 Å². The molecule has 7 heteroatoms. The zero-order valence-corrected chi connectivity index (χ0v) is 17.7. The average molecular weight is 428 g/mol. The van der Waals surface area contributed by atoms with Crippen molar-refractivity contribution in [2.75, 3.05) is 6.26 Å². The summed E-state index contributed by atoms with van der Waals surface area (Å²) in [5.41, 5.74) is 1.78. The van der Waals surface area contributed by atoms with Crippen molar-refractivity contribution in [2.45, 2.75) is 43.2 Å². The Hall–Kier alpha value is -2.31. The Labute approximate surface area is 178 Å². The van der Waals surface area contributed by atoms with Crippen LogP contribution in [0.4, 0.5) is 0 Å². The van der Waals surface area contributed by atoms with Gasteiger partial charge in [-0.15, -0.1) is 16.9 Å². The van der Waals surface area contributed by atoms with Crippen LogP contribution in [0.15, 0.2) is 58.2 Å². The molecule has 0 spiro atoms. The summed E-state index contributed by atoms with van der Waals surface area (Å²) in [4.78, 5) is 26.7. The molecule has 0 unspecified atom stereocenters. The first-order valence-corrected chi connectivity index (χ1v) is 11.3. The predicted octanol–water partition coefficient (Wildman–Crippen LogP) is 4.62. The molecular weight excluding hydrogens is 406 g/mol. The molecule has 150 valence electrons. The highest BCUT2D eigenvalue weighted by Crippen LogP contribution is 2.36. The first-order chi connectivity index (χ1) is 14.1. The third-order valence-electron chi connectivity index (χ3n) is 5.08. The fourth-order valence-corrected chi connectivity index (χ4v) is 4.18. The Kier molecular flexibility index (Phi) is 5.92. The Balaban J connectivity index is 1.53. The number of aromatic nitrogens is 3. The number of nitrogens with zero attached hydrogens (tertiary/aromatic N) is 3. The van der Waals surface area contributed by atoms with E-state index in [-0.39, 0.29) is 24.1 Å². The van der Waals surface area contributed by atoms with Gasteiger partial charge in [0, 0.05) is 27.9 Å². The number of Topliss-reactive ketones (excluding diaryl/α,β-unsaturated/α-hetero) is 1. The van der Waals surface area contributed by atoms with Crippen LogP contribution in [0.25, 0.3) is 11.4 Å². The molecule has 3 aromatic rings. The van der Waals surface area contributed by atoms with Gasteiger partial charge in [-0.05, 0) is 61.4 Å². The first-order valence-electron chi connectivity index (χ1n) is 9.65. The molecule has 0 aliphatic heterocycles. The van der Waals surface area contributed by atoms with E-state index in [1.54, 1.807) is 28.5 Å². The molecule has 0 N–H and O–H groups in total. The van der Waals surface area contributed by atoms with Crippen LogP contribution in [-0.2, 0) is 17.8 Å². The lowest BCUT2D eigenvalue weighted by molar-refractivity contribution is -0.119. The smallest absolute Gasteiger partial charge is 0.298 e. The molecule has 1 heterocycles. The molecule has 0 amide bonds. The highest BCUT2D eigenvalue weighted by Gasteiger charge is 2.30. The van der Waals surface area contributed by atoms with Crippen LogP contribution in [0, 0.1) is 0 Å². The fraction of sp³-hybridized carbons (Fsp3) is 0.318. The van der Waals surface area contributed by atoms with Crippen LogP contribution >= 0.6 is 23.4 Å². The summed E-state index contributed by atoms with van der Waals surface area (Å²) >= 11 is 7.66. The topological polar surface area (TPSA) is 56.9 Å². The van der Waals surface area contributed by atoms with Crippen molar-refractivity contribution in [2.24, 2.45) is 0 Å². The van der Waals surface area contributed by atoms with Gasteiger partial charge in [0.1, 0.15) is 6.54 Å². The van der Waals surface area contributed by atoms with E-state index < -0.39 is 0 Å². The van der Waals surface area contributed by atoms with Gasteiger partial charge in [-0.2, -0.15) is 0 Å². The van der Waals surface area contributed by atoms with E-state index in [1.165, 1.54) is 9.58 Å². The molecule has 0 atom stereocenters. The second-order valence-electron chi connectivity index (χ2n) is 7.22. The van der Waals surface area contributed by atoms with Gasteiger partial charge in [0.05, 0.1) is 0 Å². The molecule has 0 radical (unpaired) electrons. The van der Waals surface area contributed by atoms with E-state index in [0.717, 1.165) is 24.0 Å². The van der Waals surface area contributed by atoms with Crippen molar-refractivity contribution >= 4 is 29.1 Å². The molecule has 1 saturated carbocycles. The Morgan fingerprint density at radius 2 is 1.90 bits per heavy atom. The van der Waals surface area contributed by atoms with Gasteiger partial charge in [0.25, 0.3) is 0 Å². The standard InChI is InChI=1S/C22H22ClN3O2S/c1-29-20-5-3-2-4-15(20)8-13-19(27)14-25-22(28)26(18-11-12-18)21(24-25)16-6-9-17(23)10-7-16/h2-7,9-10,18H,8,11-14H2,1H3. The third kappa shape index (κ3) is 4.49. The summed E-state index contributed by atoms with van der Waals surface area (Å²) in [7, 11) is 0. The summed E-state index contributed by atoms with van der Waals surface area (Å²) in [6.07, 6.45) is 5.01. The molecule has 0 saturated heterocycles. The summed E-state index contributed by atoms with van der Waals surface area (Å²) in [5.74, 6) is 0.612. The van der Waals surface area contributed by atoms with Gasteiger partial charge in [0.2, 0.25) is 0 Å². The number of carbonyl (C=O) groups is 1. The summed E-state index contributed by atoms with van der Waals surface area (Å²) in [5, 5.41) is 5.13. The second kappa shape index (κ2) is 8.59. The van der Waals surface area contributed by atoms with E-state index in [4.69, 9.17) is 11.6 Å². The maximum absolute atomic E-state index is 12.9. The molecule has 2 aromatic carbocycles. The van der Waals surface area contributed by atoms with Crippen molar-refractivity contribution in [3.63, 3.8) is 0 Å². The van der Waals surface area contributed by atoms with Gasteiger partial charge < -0.3 is 0 Å². The van der Waals surface area contributed by atoms with Gasteiger partial charge in [-0.3, -0.25) is 9.36 Å². The number of hydrogen-bond donors (Lipinski definition) is 0. The molecule has 5 nitrogen and oxygen atoms in total. The minimum atomic E-state index is -0.213. The van der Waals surface area contributed by atoms with Crippen LogP contribution < -0.4 is 5.69 Å². The molecule has 0 bridgehead atoms. The number of thioether (sulfide) groups is 1. The second-order valence-corrected chi connectivity index (χ2v) is 8.51. The lowest BCUT2D eigenvalue weighted by atomic mass is 10.1. The van der Waals surface area contributed by atoms with Crippen LogP contribution in [0.5, 0.6) is 0 Å². The van der Waals surface area contributed by atoms with Crippen molar-refractivity contribution in [1.29, 1.82) is 0 Å². The van der Waals surface area contributed by atoms with E-state index in [1.807, 2.05) is 36.6 Å². The summed E-state index contributed by atoms with van der Waals surface area (Å²) in [6, 6.07) is 15.5. The number of halogens is 1. The fourth-order valence-electron chi connectivity index (χ4n) is 3.41. The highest BCUT2D eigenvalue weighted by molar-refractivity contribution is 7.98. The van der Waals surface area contributed by atoms with Crippen molar-refractivity contribution in [3.8, 4) is 11.4 Å². The van der Waals surface area contributed by atoms with Crippen LogP contribution in [-0.4, -0.2) is 26.4 Å². The summed E-state index contributed by atoms with van der Waals surface area (Å²) in [6.45, 7) is 0.000573. The van der Waals surface area contributed by atoms with Gasteiger partial charge in [-0.25, -0.2) is 9.48 Å². The minimum absolute atomic E-state index is 0.000573. The number of benzene rings is 2. The van der Waals surface area contributed by atoms with Crippen molar-refractivity contribution in [3.05, 3.63) is 69.6 Å². The Morgan fingerprint density at radius 3 is 2.59 bits per heavy atom. The van der Waals surface area contributed by atoms with Crippen LogP contribution in [0.1, 0.15) is 30.9 Å². The zero-order valence-electron chi connectivity index (χ0n) is 16.2. The first kappa shape index (κ1) is 20.0. The molecule has 29 heavy (non-hydrogen) atoms. The number of ketones is 1. The van der Waals surface area contributed by atoms with E-state index in [2.05, 4.69) is 11.2 Å². The largest absolute Gasteiger partial charge is 0.346 e. The lowest BCUT2D eigenvalue weighted by Gasteiger charge is -2.06. The molecule has 4 rings (SSSR count). The molecule has 1 aliphatic carbocycles. The van der Waals surface area contributed by atoms with E-state index in [0.29, 0.717) is 23.7 Å². The molecular formula is C22H22ClN3O2S. The maximum atomic E-state index is 12.9. The summed E-state index contributed by atoms with van der Waals surface area (Å²) < 4.78 is 3.03. The molecule has 1 aliphatic rings. The monoisotopic (exact) mass is 427 g/mol. The maximum Gasteiger partial charge on any atom is 0.346 e. The Morgan fingerprint density at radius 1 is 1.17 bits per heavy atom. The lowest BCUT2D eigenvalue weighted by Crippen LogP contribution is -2.27. The molecule has 1 aromatic heterocycles. The van der Waals surface area contributed by atoms with Gasteiger partial charge >= 0.3 is 5.69 Å². The zero-order chi connectivity index (χ0) is 20.4. The van der Waals surface area contributed by atoms with Crippen molar-refractivity contribution in [1.82, 2.24) is 14.3 Å². The predicted molar refractivity (Wildman–Crippen MR) is 117 cm³/mol. The Bertz CT molecular complexity index is 1080. The van der Waals surface area contributed by atoms with E-state index >= 15 is 0 Å². The molecule has 1 fully saturated rings. The van der Waals surface area contributed by atoms with E-state index in [9.17, 15) is 9.59 Å². The minimum Gasteiger partial charge on any atom is -0.298 e. The number of aryl methyl sites for hydroxylation is 1. The van der Waals surface area contributed by atoms with Gasteiger partial charge in [-0.1, -0.05) is 29.8 Å². The average Bonchev–Trinajstić information content (AvgIpc) is 3.52. The quantitative estimate of drug-likeness (QED) is 0.492. The van der Waals surface area contributed by atoms with Crippen molar-refractivity contribution < 1.29 is 4.79 Å².